The van der Waals surface area contributed by atoms with Crippen LogP contribution in [0.5, 0.6) is 5.75 Å². The maximum Gasteiger partial charge on any atom is 0.343 e. The molecular formula is C25H22N4O6. The van der Waals surface area contributed by atoms with Gasteiger partial charge in [0.25, 0.3) is 5.91 Å². The SMILES string of the molecule is CCC(=O)Nc1ccc(C(=O)N/N=C/c2cccc([N+](=O)[O-])c2OC(=O)c2ccc(C)cc2)cc1. The number of hydrogen-bond acceptors (Lipinski definition) is 7. The highest BCUT2D eigenvalue weighted by Crippen LogP contribution is 2.30. The molecule has 0 aliphatic rings. The molecule has 0 aromatic heterocycles. The number of rotatable bonds is 8. The van der Waals surface area contributed by atoms with E-state index >= 15 is 0 Å². The van der Waals surface area contributed by atoms with Gasteiger partial charge in [-0.05, 0) is 49.4 Å². The third-order valence-corrected chi connectivity index (χ3v) is 4.83. The first-order valence-electron chi connectivity index (χ1n) is 10.6. The van der Waals surface area contributed by atoms with Gasteiger partial charge in [-0.1, -0.05) is 30.7 Å². The quantitative estimate of drug-likeness (QED) is 0.165. The number of carbonyl (C=O) groups is 3. The maximum atomic E-state index is 12.5. The summed E-state index contributed by atoms with van der Waals surface area (Å²) in [5.74, 6) is -1.76. The number of nitro benzene ring substituents is 1. The van der Waals surface area contributed by atoms with Gasteiger partial charge in [-0.25, -0.2) is 10.2 Å². The first-order chi connectivity index (χ1) is 16.8. The van der Waals surface area contributed by atoms with Crippen molar-refractivity contribution >= 4 is 35.4 Å². The molecule has 35 heavy (non-hydrogen) atoms. The van der Waals surface area contributed by atoms with Gasteiger partial charge >= 0.3 is 11.7 Å². The van der Waals surface area contributed by atoms with Crippen molar-refractivity contribution in [1.82, 2.24) is 5.43 Å². The van der Waals surface area contributed by atoms with Crippen LogP contribution in [-0.4, -0.2) is 28.9 Å². The summed E-state index contributed by atoms with van der Waals surface area (Å²) in [5.41, 5.74) is 4.01. The molecule has 0 radical (unpaired) electrons. The molecule has 10 nitrogen and oxygen atoms in total. The lowest BCUT2D eigenvalue weighted by atomic mass is 10.1. The maximum absolute atomic E-state index is 12.5. The van der Waals surface area contributed by atoms with Crippen LogP contribution in [0.2, 0.25) is 0 Å². The van der Waals surface area contributed by atoms with Crippen LogP contribution in [0.1, 0.15) is 45.2 Å². The van der Waals surface area contributed by atoms with Gasteiger partial charge in [-0.2, -0.15) is 5.10 Å². The van der Waals surface area contributed by atoms with Crippen molar-refractivity contribution in [2.24, 2.45) is 5.10 Å². The Kier molecular flexibility index (Phi) is 8.02. The molecule has 0 heterocycles. The third-order valence-electron chi connectivity index (χ3n) is 4.83. The number of benzene rings is 3. The number of amides is 2. The zero-order valence-electron chi connectivity index (χ0n) is 19.0. The van der Waals surface area contributed by atoms with Crippen molar-refractivity contribution in [2.75, 3.05) is 5.32 Å². The van der Waals surface area contributed by atoms with Gasteiger partial charge < -0.3 is 10.1 Å². The summed E-state index contributed by atoms with van der Waals surface area (Å²) in [6.45, 7) is 3.59. The molecule has 0 bridgehead atoms. The van der Waals surface area contributed by atoms with Crippen molar-refractivity contribution in [3.05, 3.63) is 99.1 Å². The zero-order chi connectivity index (χ0) is 25.4. The van der Waals surface area contributed by atoms with Crippen molar-refractivity contribution < 1.29 is 24.0 Å². The highest BCUT2D eigenvalue weighted by atomic mass is 16.6. The monoisotopic (exact) mass is 474 g/mol. The Morgan fingerprint density at radius 1 is 1.00 bits per heavy atom. The van der Waals surface area contributed by atoms with E-state index in [1.165, 1.54) is 30.3 Å². The van der Waals surface area contributed by atoms with Gasteiger partial charge in [0, 0.05) is 29.3 Å². The van der Waals surface area contributed by atoms with Gasteiger partial charge in [-0.15, -0.1) is 0 Å². The highest BCUT2D eigenvalue weighted by Gasteiger charge is 2.22. The Bertz CT molecular complexity index is 1280. The normalized spacial score (nSPS) is 10.6. The van der Waals surface area contributed by atoms with Gasteiger partial charge in [0.05, 0.1) is 16.7 Å². The summed E-state index contributed by atoms with van der Waals surface area (Å²) >= 11 is 0. The van der Waals surface area contributed by atoms with E-state index in [9.17, 15) is 24.5 Å². The Labute approximate surface area is 200 Å². The number of nitrogens with zero attached hydrogens (tertiary/aromatic N) is 2. The Hall–Kier alpha value is -4.86. The summed E-state index contributed by atoms with van der Waals surface area (Å²) in [4.78, 5) is 47.2. The Morgan fingerprint density at radius 2 is 1.66 bits per heavy atom. The first kappa shape index (κ1) is 24.8. The van der Waals surface area contributed by atoms with Crippen molar-refractivity contribution in [3.8, 4) is 5.75 Å². The number of nitro groups is 1. The van der Waals surface area contributed by atoms with Crippen LogP contribution in [-0.2, 0) is 4.79 Å². The number of para-hydroxylation sites is 1. The number of hydrogen-bond donors (Lipinski definition) is 2. The summed E-state index contributed by atoms with van der Waals surface area (Å²) in [6.07, 6.45) is 1.48. The van der Waals surface area contributed by atoms with E-state index in [1.54, 1.807) is 43.3 Å². The second kappa shape index (κ2) is 11.3. The second-order valence-electron chi connectivity index (χ2n) is 7.39. The molecule has 0 aliphatic carbocycles. The molecule has 0 spiro atoms. The van der Waals surface area contributed by atoms with Crippen LogP contribution in [0.25, 0.3) is 0 Å². The van der Waals surface area contributed by atoms with Gasteiger partial charge in [-0.3, -0.25) is 19.7 Å². The van der Waals surface area contributed by atoms with Gasteiger partial charge in [0.2, 0.25) is 11.7 Å². The van der Waals surface area contributed by atoms with E-state index in [-0.39, 0.29) is 28.3 Å². The van der Waals surface area contributed by atoms with Crippen LogP contribution in [0.4, 0.5) is 11.4 Å². The fourth-order valence-corrected chi connectivity index (χ4v) is 2.92. The molecule has 0 saturated carbocycles. The molecule has 3 aromatic carbocycles. The summed E-state index contributed by atoms with van der Waals surface area (Å²) < 4.78 is 5.34. The molecular weight excluding hydrogens is 452 g/mol. The zero-order valence-corrected chi connectivity index (χ0v) is 19.0. The van der Waals surface area contributed by atoms with E-state index in [1.807, 2.05) is 6.92 Å². The first-order valence-corrected chi connectivity index (χ1v) is 10.6. The van der Waals surface area contributed by atoms with Crippen LogP contribution in [0.15, 0.2) is 71.8 Å². The van der Waals surface area contributed by atoms with E-state index in [0.29, 0.717) is 12.1 Å². The number of esters is 1. The fraction of sp³-hybridized carbons (Fsp3) is 0.120. The Morgan fingerprint density at radius 3 is 2.29 bits per heavy atom. The summed E-state index contributed by atoms with van der Waals surface area (Å²) in [7, 11) is 0. The van der Waals surface area contributed by atoms with Gasteiger partial charge in [0.1, 0.15) is 0 Å². The fourth-order valence-electron chi connectivity index (χ4n) is 2.92. The minimum absolute atomic E-state index is 0.123. The van der Waals surface area contributed by atoms with E-state index in [2.05, 4.69) is 15.8 Å². The van der Waals surface area contributed by atoms with Crippen LogP contribution in [0.3, 0.4) is 0 Å². The van der Waals surface area contributed by atoms with E-state index < -0.39 is 22.5 Å². The molecule has 3 rings (SSSR count). The third kappa shape index (κ3) is 6.57. The van der Waals surface area contributed by atoms with Crippen molar-refractivity contribution in [1.29, 1.82) is 0 Å². The largest absolute Gasteiger partial charge is 0.415 e. The summed E-state index contributed by atoms with van der Waals surface area (Å²) in [6, 6.07) is 16.8. The number of hydrazone groups is 1. The van der Waals surface area contributed by atoms with Crippen molar-refractivity contribution in [2.45, 2.75) is 20.3 Å². The predicted molar refractivity (Wildman–Crippen MR) is 130 cm³/mol. The number of nitrogens with one attached hydrogen (secondary N) is 2. The minimum atomic E-state index is -0.770. The second-order valence-corrected chi connectivity index (χ2v) is 7.39. The number of carbonyl (C=O) groups excluding carboxylic acids is 3. The predicted octanol–water partition coefficient (Wildman–Crippen LogP) is 4.23. The molecule has 0 saturated heterocycles. The molecule has 0 fully saturated rings. The number of anilines is 1. The lowest BCUT2D eigenvalue weighted by molar-refractivity contribution is -0.385. The Balaban J connectivity index is 1.76. The van der Waals surface area contributed by atoms with Crippen molar-refractivity contribution in [3.63, 3.8) is 0 Å². The molecule has 0 atom stereocenters. The smallest absolute Gasteiger partial charge is 0.343 e. The molecule has 2 amide bonds. The molecule has 2 N–H and O–H groups in total. The van der Waals surface area contributed by atoms with Crippen LogP contribution in [0, 0.1) is 17.0 Å². The van der Waals surface area contributed by atoms with Crippen LogP contribution >= 0.6 is 0 Å². The highest BCUT2D eigenvalue weighted by molar-refractivity contribution is 5.97. The van der Waals surface area contributed by atoms with E-state index in [4.69, 9.17) is 4.74 Å². The number of ether oxygens (including phenoxy) is 1. The molecule has 0 aliphatic heterocycles. The summed E-state index contributed by atoms with van der Waals surface area (Å²) in [5, 5.41) is 18.0. The molecule has 0 unspecified atom stereocenters. The molecule has 3 aromatic rings. The topological polar surface area (TPSA) is 140 Å². The molecule has 10 heteroatoms. The lowest BCUT2D eigenvalue weighted by Crippen LogP contribution is -2.18. The van der Waals surface area contributed by atoms with Gasteiger partial charge in [0.15, 0.2) is 0 Å². The average molecular weight is 474 g/mol. The lowest BCUT2D eigenvalue weighted by Gasteiger charge is -2.08. The molecule has 178 valence electrons. The standard InChI is InChI=1S/C25H22N4O6/c1-3-22(30)27-20-13-11-17(12-14-20)24(31)28-26-15-19-5-4-6-21(29(33)34)23(19)35-25(32)18-9-7-16(2)8-10-18/h4-15H,3H2,1-2H3,(H,27,30)(H,28,31)/b26-15+. The van der Waals surface area contributed by atoms with Crippen LogP contribution < -0.4 is 15.5 Å². The van der Waals surface area contributed by atoms with E-state index in [0.717, 1.165) is 11.8 Å². The number of aryl methyl sites for hydroxylation is 1. The average Bonchev–Trinajstić information content (AvgIpc) is 2.85. The minimum Gasteiger partial charge on any atom is -0.415 e.